The molecule has 0 atom stereocenters. The van der Waals surface area contributed by atoms with Crippen molar-refractivity contribution in [1.82, 2.24) is 9.97 Å². The van der Waals surface area contributed by atoms with Gasteiger partial charge in [-0.25, -0.2) is 22.8 Å². The van der Waals surface area contributed by atoms with E-state index in [0.29, 0.717) is 23.6 Å². The summed E-state index contributed by atoms with van der Waals surface area (Å²) in [5.41, 5.74) is 2.14. The molecular formula is C16H11FN2O3S2. The van der Waals surface area contributed by atoms with Gasteiger partial charge in [0.25, 0.3) is 0 Å². The average molecular weight is 362 g/mol. The van der Waals surface area contributed by atoms with E-state index in [4.69, 9.17) is 4.74 Å². The number of nitrogens with zero attached hydrogens (tertiary/aromatic N) is 2. The van der Waals surface area contributed by atoms with Gasteiger partial charge in [0.1, 0.15) is 18.2 Å². The summed E-state index contributed by atoms with van der Waals surface area (Å²) in [5, 5.41) is -0.214. The monoisotopic (exact) mass is 362 g/mol. The molecular weight excluding hydrogens is 351 g/mol. The van der Waals surface area contributed by atoms with Gasteiger partial charge in [0.2, 0.25) is 15.0 Å². The zero-order chi connectivity index (χ0) is 16.9. The molecule has 0 bridgehead atoms. The van der Waals surface area contributed by atoms with Crippen molar-refractivity contribution in [3.8, 4) is 26.8 Å². The molecule has 0 saturated heterocycles. The minimum Gasteiger partial charge on any atom is -0.488 e. The summed E-state index contributed by atoms with van der Waals surface area (Å²) in [6.07, 6.45) is 2.49. The van der Waals surface area contributed by atoms with Crippen molar-refractivity contribution in [2.75, 3.05) is 6.26 Å². The molecule has 0 amide bonds. The van der Waals surface area contributed by atoms with Crippen LogP contribution in [0.5, 0.6) is 5.75 Å². The van der Waals surface area contributed by atoms with E-state index in [9.17, 15) is 12.8 Å². The van der Waals surface area contributed by atoms with E-state index in [1.54, 1.807) is 12.1 Å². The molecule has 2 aromatic heterocycles. The average Bonchev–Trinajstić information content (AvgIpc) is 2.99. The third-order valence-corrected chi connectivity index (χ3v) is 5.69. The molecule has 0 radical (unpaired) electrons. The van der Waals surface area contributed by atoms with E-state index in [1.165, 1.54) is 29.7 Å². The molecule has 0 saturated carbocycles. The highest BCUT2D eigenvalue weighted by Crippen LogP contribution is 2.45. The van der Waals surface area contributed by atoms with Gasteiger partial charge in [-0.15, -0.1) is 11.3 Å². The second kappa shape index (κ2) is 5.35. The van der Waals surface area contributed by atoms with Crippen molar-refractivity contribution in [3.63, 3.8) is 0 Å². The Labute approximate surface area is 141 Å². The summed E-state index contributed by atoms with van der Waals surface area (Å²) >= 11 is 1.43. The number of thiophene rings is 1. The molecule has 1 aromatic carbocycles. The fourth-order valence-corrected chi connectivity index (χ4v) is 4.18. The van der Waals surface area contributed by atoms with Crippen LogP contribution in [-0.2, 0) is 16.4 Å². The molecule has 3 aromatic rings. The molecule has 0 fully saturated rings. The predicted molar refractivity (Wildman–Crippen MR) is 88.2 cm³/mol. The first-order valence-electron chi connectivity index (χ1n) is 7.01. The van der Waals surface area contributed by atoms with E-state index in [2.05, 4.69) is 9.97 Å². The Morgan fingerprint density at radius 2 is 2.08 bits per heavy atom. The van der Waals surface area contributed by atoms with Crippen molar-refractivity contribution in [2.45, 2.75) is 11.8 Å². The highest BCUT2D eigenvalue weighted by molar-refractivity contribution is 7.90. The summed E-state index contributed by atoms with van der Waals surface area (Å²) in [6.45, 7) is 0.383. The van der Waals surface area contributed by atoms with Crippen LogP contribution in [0.2, 0.25) is 0 Å². The lowest BCUT2D eigenvalue weighted by atomic mass is 10.1. The molecule has 1 aliphatic rings. The van der Waals surface area contributed by atoms with E-state index in [-0.39, 0.29) is 11.0 Å². The Hall–Kier alpha value is -2.32. The van der Waals surface area contributed by atoms with Gasteiger partial charge >= 0.3 is 0 Å². The maximum Gasteiger partial charge on any atom is 0.247 e. The quantitative estimate of drug-likeness (QED) is 0.654. The first kappa shape index (κ1) is 15.2. The summed E-state index contributed by atoms with van der Waals surface area (Å²) in [6, 6.07) is 7.96. The summed E-state index contributed by atoms with van der Waals surface area (Å²) in [7, 11) is -3.48. The van der Waals surface area contributed by atoms with Gasteiger partial charge in [-0.2, -0.15) is 0 Å². The SMILES string of the molecule is CS(=O)(=O)c1nccc(-c2cc3c(s2)-c2cc(F)ccc2OC3)n1. The third kappa shape index (κ3) is 2.57. The van der Waals surface area contributed by atoms with E-state index >= 15 is 0 Å². The fourth-order valence-electron chi connectivity index (χ4n) is 2.51. The lowest BCUT2D eigenvalue weighted by Crippen LogP contribution is -2.04. The fraction of sp³-hybridized carbons (Fsp3) is 0.125. The number of hydrogen-bond donors (Lipinski definition) is 0. The molecule has 0 unspecified atom stereocenters. The minimum absolute atomic E-state index is 0.214. The second-order valence-corrected chi connectivity index (χ2v) is 8.35. The van der Waals surface area contributed by atoms with Gasteiger partial charge in [0.15, 0.2) is 0 Å². The Bertz CT molecular complexity index is 1060. The second-order valence-electron chi connectivity index (χ2n) is 5.39. The molecule has 4 rings (SSSR count). The molecule has 0 aliphatic carbocycles. The van der Waals surface area contributed by atoms with Gasteiger partial charge < -0.3 is 4.74 Å². The number of ether oxygens (including phenoxy) is 1. The van der Waals surface area contributed by atoms with Gasteiger partial charge in [-0.3, -0.25) is 0 Å². The largest absolute Gasteiger partial charge is 0.488 e. The maximum atomic E-state index is 13.6. The van der Waals surface area contributed by atoms with Crippen LogP contribution in [0, 0.1) is 5.82 Å². The van der Waals surface area contributed by atoms with Crippen molar-refractivity contribution in [1.29, 1.82) is 0 Å². The highest BCUT2D eigenvalue weighted by atomic mass is 32.2. The summed E-state index contributed by atoms with van der Waals surface area (Å²) in [5.74, 6) is 0.304. The number of rotatable bonds is 2. The number of halogens is 1. The standard InChI is InChI=1S/C16H11FN2O3S2/c1-24(20,21)16-18-5-4-12(19-16)14-6-9-8-22-13-3-2-10(17)7-11(13)15(9)23-14/h2-7H,8H2,1H3. The number of aromatic nitrogens is 2. The zero-order valence-corrected chi connectivity index (χ0v) is 14.1. The lowest BCUT2D eigenvalue weighted by molar-refractivity contribution is 0.302. The van der Waals surface area contributed by atoms with E-state index in [0.717, 1.165) is 21.6 Å². The predicted octanol–water partition coefficient (Wildman–Crippen LogP) is 3.31. The number of benzene rings is 1. The molecule has 8 heteroatoms. The molecule has 1 aliphatic heterocycles. The molecule has 0 N–H and O–H groups in total. The zero-order valence-electron chi connectivity index (χ0n) is 12.5. The van der Waals surface area contributed by atoms with E-state index < -0.39 is 9.84 Å². The Kier molecular flexibility index (Phi) is 3.40. The highest BCUT2D eigenvalue weighted by Gasteiger charge is 2.22. The first-order valence-corrected chi connectivity index (χ1v) is 9.71. The molecule has 3 heterocycles. The molecule has 122 valence electrons. The Morgan fingerprint density at radius 3 is 2.88 bits per heavy atom. The third-order valence-electron chi connectivity index (χ3n) is 3.60. The Morgan fingerprint density at radius 1 is 1.25 bits per heavy atom. The molecule has 24 heavy (non-hydrogen) atoms. The Balaban J connectivity index is 1.84. The van der Waals surface area contributed by atoms with Crippen molar-refractivity contribution >= 4 is 21.2 Å². The van der Waals surface area contributed by atoms with Crippen LogP contribution >= 0.6 is 11.3 Å². The normalized spacial score (nSPS) is 13.1. The lowest BCUT2D eigenvalue weighted by Gasteiger charge is -2.17. The van der Waals surface area contributed by atoms with Gasteiger partial charge in [0.05, 0.1) is 10.6 Å². The molecule has 0 spiro atoms. The molecule has 5 nitrogen and oxygen atoms in total. The summed E-state index contributed by atoms with van der Waals surface area (Å²) < 4.78 is 42.5. The van der Waals surface area contributed by atoms with Crippen molar-refractivity contribution in [3.05, 3.63) is 47.9 Å². The van der Waals surface area contributed by atoms with Crippen LogP contribution in [0.4, 0.5) is 4.39 Å². The topological polar surface area (TPSA) is 69.2 Å². The number of sulfone groups is 1. The summed E-state index contributed by atoms with van der Waals surface area (Å²) in [4.78, 5) is 9.62. The van der Waals surface area contributed by atoms with Crippen LogP contribution in [0.1, 0.15) is 5.56 Å². The van der Waals surface area contributed by atoms with Crippen LogP contribution in [0.25, 0.3) is 21.0 Å². The van der Waals surface area contributed by atoms with Crippen LogP contribution in [-0.4, -0.2) is 24.6 Å². The van der Waals surface area contributed by atoms with Gasteiger partial charge in [-0.05, 0) is 30.3 Å². The first-order chi connectivity index (χ1) is 11.4. The maximum absolute atomic E-state index is 13.6. The van der Waals surface area contributed by atoms with Crippen LogP contribution in [0.3, 0.4) is 0 Å². The number of fused-ring (bicyclic) bond motifs is 3. The van der Waals surface area contributed by atoms with Gasteiger partial charge in [-0.1, -0.05) is 0 Å². The van der Waals surface area contributed by atoms with Crippen LogP contribution in [0.15, 0.2) is 41.7 Å². The smallest absolute Gasteiger partial charge is 0.247 e. The van der Waals surface area contributed by atoms with Gasteiger partial charge in [0, 0.05) is 28.5 Å². The van der Waals surface area contributed by atoms with Crippen molar-refractivity contribution < 1.29 is 17.5 Å². The number of hydrogen-bond acceptors (Lipinski definition) is 6. The van der Waals surface area contributed by atoms with Crippen molar-refractivity contribution in [2.24, 2.45) is 0 Å². The van der Waals surface area contributed by atoms with E-state index in [1.807, 2.05) is 6.07 Å². The minimum atomic E-state index is -3.48. The van der Waals surface area contributed by atoms with Crippen LogP contribution < -0.4 is 4.74 Å².